The van der Waals surface area contributed by atoms with Crippen molar-refractivity contribution < 1.29 is 19.2 Å². The van der Waals surface area contributed by atoms with Gasteiger partial charge in [-0.25, -0.2) is 0 Å². The molecule has 0 radical (unpaired) electrons. The Bertz CT molecular complexity index is 1270. The van der Waals surface area contributed by atoms with Crippen molar-refractivity contribution in [2.45, 2.75) is 13.0 Å². The second-order valence-corrected chi connectivity index (χ2v) is 8.18. The Labute approximate surface area is 194 Å². The summed E-state index contributed by atoms with van der Waals surface area (Å²) in [4.78, 5) is 54.9. The highest BCUT2D eigenvalue weighted by Gasteiger charge is 2.39. The van der Waals surface area contributed by atoms with Gasteiger partial charge in [0.2, 0.25) is 11.8 Å². The van der Waals surface area contributed by atoms with Crippen LogP contribution in [0.4, 0.5) is 11.4 Å². The summed E-state index contributed by atoms with van der Waals surface area (Å²) < 4.78 is 0. The van der Waals surface area contributed by atoms with Crippen molar-refractivity contribution in [1.29, 1.82) is 0 Å². The zero-order valence-corrected chi connectivity index (χ0v) is 18.5. The second kappa shape index (κ2) is 9.66. The molecule has 0 aliphatic carbocycles. The smallest absolute Gasteiger partial charge is 0.280 e. The number of aliphatic imine (C=N–C) groups is 1. The van der Waals surface area contributed by atoms with Crippen LogP contribution in [-0.2, 0) is 19.2 Å². The lowest BCUT2D eigenvalue weighted by molar-refractivity contribution is -0.133. The molecule has 1 atom stereocenters. The van der Waals surface area contributed by atoms with Crippen LogP contribution < -0.4 is 15.5 Å². The number of nitrogens with one attached hydrogen (secondary N) is 2. The number of amides is 4. The summed E-state index contributed by atoms with van der Waals surface area (Å²) in [6.45, 7) is 1.22. The van der Waals surface area contributed by atoms with Crippen LogP contribution in [0.2, 0.25) is 0 Å². The first kappa shape index (κ1) is 22.2. The molecule has 0 spiro atoms. The molecule has 1 unspecified atom stereocenters. The van der Waals surface area contributed by atoms with E-state index in [2.05, 4.69) is 15.6 Å². The number of carbonyl (C=O) groups is 4. The normalized spacial score (nSPS) is 15.8. The molecule has 33 heavy (non-hydrogen) atoms. The molecule has 1 heterocycles. The predicted molar refractivity (Wildman–Crippen MR) is 129 cm³/mol. The van der Waals surface area contributed by atoms with Crippen LogP contribution in [0.1, 0.15) is 6.92 Å². The molecule has 8 nitrogen and oxygen atoms in total. The fraction of sp³-hybridized carbons (Fsp3) is 0.125. The van der Waals surface area contributed by atoms with Crippen molar-refractivity contribution in [3.8, 4) is 0 Å². The van der Waals surface area contributed by atoms with Gasteiger partial charge in [0.25, 0.3) is 11.8 Å². The van der Waals surface area contributed by atoms with E-state index in [4.69, 9.17) is 0 Å². The Morgan fingerprint density at radius 1 is 0.970 bits per heavy atom. The Hall–Kier alpha value is -3.98. The lowest BCUT2D eigenvalue weighted by Crippen LogP contribution is -2.57. The molecule has 0 aromatic heterocycles. The minimum Gasteiger partial charge on any atom is -0.337 e. The standard InChI is InChI=1S/C24H20N4O4S/c1-15(29)25-21-22(31)27-24(28(23(21)32)17-10-3-2-4-11-17)33-14-20(30)26-19-13-7-9-16-8-5-6-12-18(16)19/h2-13,21H,14H2,1H3,(H,25,29)(H,26,30). The number of amidine groups is 1. The molecule has 0 saturated carbocycles. The maximum Gasteiger partial charge on any atom is 0.280 e. The molecule has 4 rings (SSSR count). The van der Waals surface area contributed by atoms with Gasteiger partial charge in [0.05, 0.1) is 11.4 Å². The van der Waals surface area contributed by atoms with Crippen LogP contribution in [0, 0.1) is 0 Å². The summed E-state index contributed by atoms with van der Waals surface area (Å²) in [5, 5.41) is 7.19. The quantitative estimate of drug-likeness (QED) is 0.569. The van der Waals surface area contributed by atoms with Crippen LogP contribution in [0.3, 0.4) is 0 Å². The number of anilines is 2. The lowest BCUT2D eigenvalue weighted by atomic mass is 10.1. The lowest BCUT2D eigenvalue weighted by Gasteiger charge is -2.30. The van der Waals surface area contributed by atoms with Gasteiger partial charge in [-0.15, -0.1) is 0 Å². The Kier molecular flexibility index (Phi) is 6.50. The molecule has 0 fully saturated rings. The van der Waals surface area contributed by atoms with Crippen molar-refractivity contribution in [2.24, 2.45) is 4.99 Å². The molecule has 9 heteroatoms. The van der Waals surface area contributed by atoms with Gasteiger partial charge in [0, 0.05) is 18.0 Å². The fourth-order valence-corrected chi connectivity index (χ4v) is 4.24. The first-order chi connectivity index (χ1) is 15.9. The van der Waals surface area contributed by atoms with Crippen molar-refractivity contribution in [3.63, 3.8) is 0 Å². The molecule has 166 valence electrons. The highest BCUT2D eigenvalue weighted by Crippen LogP contribution is 2.26. The van der Waals surface area contributed by atoms with E-state index in [1.165, 1.54) is 11.8 Å². The van der Waals surface area contributed by atoms with Crippen LogP contribution in [0.5, 0.6) is 0 Å². The summed E-state index contributed by atoms with van der Waals surface area (Å²) in [6.07, 6.45) is 0. The highest BCUT2D eigenvalue weighted by molar-refractivity contribution is 8.14. The zero-order valence-electron chi connectivity index (χ0n) is 17.6. The highest BCUT2D eigenvalue weighted by atomic mass is 32.2. The summed E-state index contributed by atoms with van der Waals surface area (Å²) in [7, 11) is 0. The third-order valence-corrected chi connectivity index (χ3v) is 5.81. The number of rotatable bonds is 5. The second-order valence-electron chi connectivity index (χ2n) is 7.24. The van der Waals surface area contributed by atoms with Crippen LogP contribution in [0.25, 0.3) is 10.8 Å². The maximum absolute atomic E-state index is 13.1. The van der Waals surface area contributed by atoms with E-state index in [1.807, 2.05) is 42.5 Å². The molecular formula is C24H20N4O4S. The molecule has 1 aliphatic heterocycles. The van der Waals surface area contributed by atoms with Crippen molar-refractivity contribution in [1.82, 2.24) is 5.32 Å². The van der Waals surface area contributed by atoms with Crippen molar-refractivity contribution in [2.75, 3.05) is 16.0 Å². The molecule has 3 aromatic rings. The summed E-state index contributed by atoms with van der Waals surface area (Å²) in [5.74, 6) is -2.31. The first-order valence-corrected chi connectivity index (χ1v) is 11.1. The van der Waals surface area contributed by atoms with Crippen molar-refractivity contribution in [3.05, 3.63) is 72.8 Å². The van der Waals surface area contributed by atoms with Gasteiger partial charge in [0.15, 0.2) is 11.2 Å². The summed E-state index contributed by atoms with van der Waals surface area (Å²) in [6, 6.07) is 20.5. The molecular weight excluding hydrogens is 440 g/mol. The topological polar surface area (TPSA) is 108 Å². The first-order valence-electron chi connectivity index (χ1n) is 10.1. The largest absolute Gasteiger partial charge is 0.337 e. The van der Waals surface area contributed by atoms with Crippen LogP contribution in [-0.4, -0.2) is 40.6 Å². The number of thioether (sulfide) groups is 1. The summed E-state index contributed by atoms with van der Waals surface area (Å²) in [5.41, 5.74) is 1.15. The van der Waals surface area contributed by atoms with Gasteiger partial charge < -0.3 is 10.6 Å². The molecule has 0 saturated heterocycles. The number of hydrogen-bond acceptors (Lipinski definition) is 5. The van der Waals surface area contributed by atoms with Gasteiger partial charge in [-0.05, 0) is 23.6 Å². The van der Waals surface area contributed by atoms with Crippen LogP contribution in [0.15, 0.2) is 77.8 Å². The van der Waals surface area contributed by atoms with E-state index in [0.717, 1.165) is 22.5 Å². The SMILES string of the molecule is CC(=O)NC1C(=O)N=C(SCC(=O)Nc2cccc3ccccc23)N(c2ccccc2)C1=O. The zero-order chi connectivity index (χ0) is 23.4. The molecule has 3 aromatic carbocycles. The Balaban J connectivity index is 1.54. The maximum atomic E-state index is 13.1. The predicted octanol–water partition coefficient (Wildman–Crippen LogP) is 2.95. The average Bonchev–Trinajstić information content (AvgIpc) is 2.81. The number of hydrogen-bond donors (Lipinski definition) is 2. The Morgan fingerprint density at radius 2 is 1.67 bits per heavy atom. The molecule has 1 aliphatic rings. The summed E-state index contributed by atoms with van der Waals surface area (Å²) >= 11 is 0.971. The van der Waals surface area contributed by atoms with E-state index in [1.54, 1.807) is 30.3 Å². The minimum absolute atomic E-state index is 0.0727. The minimum atomic E-state index is -1.41. The number of para-hydroxylation sites is 1. The molecule has 0 bridgehead atoms. The number of benzene rings is 3. The molecule has 4 amide bonds. The Morgan fingerprint density at radius 3 is 2.42 bits per heavy atom. The van der Waals surface area contributed by atoms with E-state index < -0.39 is 23.8 Å². The van der Waals surface area contributed by atoms with Gasteiger partial charge in [0.1, 0.15) is 0 Å². The van der Waals surface area contributed by atoms with Gasteiger partial charge >= 0.3 is 0 Å². The fourth-order valence-electron chi connectivity index (χ4n) is 3.43. The van der Waals surface area contributed by atoms with Gasteiger partial charge in [-0.3, -0.25) is 24.1 Å². The van der Waals surface area contributed by atoms with E-state index in [9.17, 15) is 19.2 Å². The average molecular weight is 461 g/mol. The number of nitrogens with zero attached hydrogens (tertiary/aromatic N) is 2. The third kappa shape index (κ3) is 4.93. The number of fused-ring (bicyclic) bond motifs is 1. The molecule has 2 N–H and O–H groups in total. The third-order valence-electron chi connectivity index (χ3n) is 4.87. The monoisotopic (exact) mass is 460 g/mol. The van der Waals surface area contributed by atoms with Gasteiger partial charge in [-0.2, -0.15) is 4.99 Å². The van der Waals surface area contributed by atoms with Crippen molar-refractivity contribution >= 4 is 62.7 Å². The van der Waals surface area contributed by atoms with E-state index in [-0.39, 0.29) is 16.8 Å². The number of carbonyl (C=O) groups excluding carboxylic acids is 4. The van der Waals surface area contributed by atoms with Gasteiger partial charge in [-0.1, -0.05) is 66.4 Å². The van der Waals surface area contributed by atoms with Crippen LogP contribution >= 0.6 is 11.8 Å². The van der Waals surface area contributed by atoms with E-state index >= 15 is 0 Å². The van der Waals surface area contributed by atoms with E-state index in [0.29, 0.717) is 11.4 Å².